The van der Waals surface area contributed by atoms with Gasteiger partial charge in [-0.25, -0.2) is 0 Å². The van der Waals surface area contributed by atoms with E-state index in [0.29, 0.717) is 11.5 Å². The van der Waals surface area contributed by atoms with Gasteiger partial charge in [0.05, 0.1) is 7.85 Å². The smallest absolute Gasteiger partial charge is 0.0906 e. The zero-order chi connectivity index (χ0) is 8.48. The second-order valence-electron chi connectivity index (χ2n) is 4.62. The maximum Gasteiger partial charge on any atom is 0.0906 e. The highest BCUT2D eigenvalue weighted by Gasteiger charge is 2.27. The molecule has 1 rings (SSSR count). The van der Waals surface area contributed by atoms with Crippen LogP contribution in [-0.4, -0.2) is 19.8 Å². The van der Waals surface area contributed by atoms with E-state index < -0.39 is 0 Å². The molecule has 0 aromatic heterocycles. The first kappa shape index (κ1) is 9.12. The van der Waals surface area contributed by atoms with E-state index in [4.69, 9.17) is 7.85 Å². The maximum absolute atomic E-state index is 5.81. The van der Waals surface area contributed by atoms with Crippen LogP contribution in [0.3, 0.4) is 0 Å². The van der Waals surface area contributed by atoms with E-state index in [1.54, 1.807) is 0 Å². The molecule has 11 heavy (non-hydrogen) atoms. The molecule has 0 spiro atoms. The van der Waals surface area contributed by atoms with Gasteiger partial charge in [-0.2, -0.15) is 0 Å². The molecule has 1 fully saturated rings. The second-order valence-corrected chi connectivity index (χ2v) is 4.62. The number of piperidine rings is 1. The van der Waals surface area contributed by atoms with E-state index in [1.165, 1.54) is 12.8 Å². The van der Waals surface area contributed by atoms with Crippen molar-refractivity contribution in [3.63, 3.8) is 0 Å². The molecule has 1 nitrogen and oxygen atoms in total. The summed E-state index contributed by atoms with van der Waals surface area (Å²) in [6, 6.07) is 0.603. The van der Waals surface area contributed by atoms with Crippen molar-refractivity contribution in [1.29, 1.82) is 0 Å². The summed E-state index contributed by atoms with van der Waals surface area (Å²) in [4.78, 5) is 0. The fourth-order valence-corrected chi connectivity index (χ4v) is 1.65. The van der Waals surface area contributed by atoms with E-state index in [-0.39, 0.29) is 5.94 Å². The summed E-state index contributed by atoms with van der Waals surface area (Å²) in [6.07, 6.45) is 3.68. The number of hydrogen-bond donors (Lipinski definition) is 1. The first-order chi connectivity index (χ1) is 5.00. The van der Waals surface area contributed by atoms with E-state index >= 15 is 0 Å². The molecule has 2 radical (unpaired) electrons. The number of nitrogens with one attached hydrogen (secondary N) is 1. The van der Waals surface area contributed by atoms with Crippen molar-refractivity contribution >= 4 is 7.85 Å². The van der Waals surface area contributed by atoms with Crippen LogP contribution < -0.4 is 5.32 Å². The predicted octanol–water partition coefficient (Wildman–Crippen LogP) is 1.67. The van der Waals surface area contributed by atoms with Crippen molar-refractivity contribution in [2.24, 2.45) is 5.41 Å². The molecule has 0 saturated carbocycles. The van der Waals surface area contributed by atoms with Crippen molar-refractivity contribution in [3.8, 4) is 0 Å². The second kappa shape index (κ2) is 3.18. The zero-order valence-corrected chi connectivity index (χ0v) is 7.85. The van der Waals surface area contributed by atoms with Crippen molar-refractivity contribution in [3.05, 3.63) is 0 Å². The third-order valence-corrected chi connectivity index (χ3v) is 2.47. The Balaban J connectivity index is 2.46. The van der Waals surface area contributed by atoms with E-state index in [2.05, 4.69) is 26.1 Å². The lowest BCUT2D eigenvalue weighted by atomic mass is 9.77. The average molecular weight is 151 g/mol. The minimum atomic E-state index is 0.230. The number of hydrogen-bond acceptors (Lipinski definition) is 1. The van der Waals surface area contributed by atoms with Crippen molar-refractivity contribution in [1.82, 2.24) is 5.32 Å². The first-order valence-electron chi connectivity index (χ1n) is 4.52. The minimum Gasteiger partial charge on any atom is -0.319 e. The Morgan fingerprint density at radius 2 is 1.91 bits per heavy atom. The molecule has 62 valence electrons. The van der Waals surface area contributed by atoms with Gasteiger partial charge >= 0.3 is 0 Å². The zero-order valence-electron chi connectivity index (χ0n) is 7.85. The van der Waals surface area contributed by atoms with Crippen LogP contribution in [0.25, 0.3) is 0 Å². The Kier molecular flexibility index (Phi) is 2.63. The Morgan fingerprint density at radius 1 is 1.27 bits per heavy atom. The minimum absolute atomic E-state index is 0.230. The quantitative estimate of drug-likeness (QED) is 0.519. The first-order valence-corrected chi connectivity index (χ1v) is 4.52. The fraction of sp³-hybridized carbons (Fsp3) is 1.00. The molecular weight excluding hydrogens is 133 g/mol. The lowest BCUT2D eigenvalue weighted by molar-refractivity contribution is 0.216. The summed E-state index contributed by atoms with van der Waals surface area (Å²) in [5, 5.41) is 3.43. The van der Waals surface area contributed by atoms with Gasteiger partial charge in [0.15, 0.2) is 0 Å². The van der Waals surface area contributed by atoms with Gasteiger partial charge in [0.25, 0.3) is 0 Å². The SMILES string of the molecule is [B]C1CCCC(C(C)(C)C)N1. The molecule has 2 unspecified atom stereocenters. The van der Waals surface area contributed by atoms with Crippen LogP contribution in [0.15, 0.2) is 0 Å². The summed E-state index contributed by atoms with van der Waals surface area (Å²) >= 11 is 0. The lowest BCUT2D eigenvalue weighted by Crippen LogP contribution is -2.49. The molecule has 1 saturated heterocycles. The molecule has 2 atom stereocenters. The van der Waals surface area contributed by atoms with E-state index in [0.717, 1.165) is 6.42 Å². The van der Waals surface area contributed by atoms with E-state index in [9.17, 15) is 0 Å². The molecule has 0 aliphatic carbocycles. The molecule has 0 aromatic rings. The summed E-state index contributed by atoms with van der Waals surface area (Å²) < 4.78 is 0. The van der Waals surface area contributed by atoms with Gasteiger partial charge in [0, 0.05) is 6.04 Å². The molecule has 0 bridgehead atoms. The normalized spacial score (nSPS) is 33.7. The van der Waals surface area contributed by atoms with Crippen LogP contribution in [-0.2, 0) is 0 Å². The highest BCUT2D eigenvalue weighted by Crippen LogP contribution is 2.26. The van der Waals surface area contributed by atoms with E-state index in [1.807, 2.05) is 0 Å². The summed E-state index contributed by atoms with van der Waals surface area (Å²) in [6.45, 7) is 6.80. The van der Waals surface area contributed by atoms with Crippen LogP contribution >= 0.6 is 0 Å². The molecule has 1 N–H and O–H groups in total. The molecular formula is C9H18BN. The molecule has 1 aliphatic rings. The van der Waals surface area contributed by atoms with Gasteiger partial charge in [0.1, 0.15) is 0 Å². The Hall–Kier alpha value is 0.0249. The number of rotatable bonds is 0. The summed E-state index contributed by atoms with van der Waals surface area (Å²) in [5.41, 5.74) is 0.359. The van der Waals surface area contributed by atoms with Crippen LogP contribution in [0.4, 0.5) is 0 Å². The Labute approximate surface area is 71.4 Å². The third kappa shape index (κ3) is 2.51. The predicted molar refractivity (Wildman–Crippen MR) is 49.8 cm³/mol. The fourth-order valence-electron chi connectivity index (χ4n) is 1.65. The molecule has 1 heterocycles. The Bertz CT molecular complexity index is 128. The van der Waals surface area contributed by atoms with Crippen molar-refractivity contribution < 1.29 is 0 Å². The van der Waals surface area contributed by atoms with Gasteiger partial charge in [0.2, 0.25) is 0 Å². The van der Waals surface area contributed by atoms with Gasteiger partial charge in [-0.15, -0.1) is 0 Å². The van der Waals surface area contributed by atoms with Crippen molar-refractivity contribution in [2.45, 2.75) is 52.0 Å². The lowest BCUT2D eigenvalue weighted by Gasteiger charge is -2.38. The average Bonchev–Trinajstić information content (AvgIpc) is 1.86. The highest BCUT2D eigenvalue weighted by atomic mass is 15.0. The largest absolute Gasteiger partial charge is 0.319 e. The summed E-state index contributed by atoms with van der Waals surface area (Å²) in [5.74, 6) is 0.230. The maximum atomic E-state index is 5.81. The standard InChI is InChI=1S/C9H18BN/c1-9(2,3)7-5-4-6-8(10)11-7/h7-8,11H,4-6H2,1-3H3. The molecule has 1 aliphatic heterocycles. The Morgan fingerprint density at radius 3 is 2.27 bits per heavy atom. The van der Waals surface area contributed by atoms with Gasteiger partial charge in [-0.1, -0.05) is 27.2 Å². The molecule has 0 amide bonds. The highest BCUT2D eigenvalue weighted by molar-refractivity contribution is 6.11. The summed E-state index contributed by atoms with van der Waals surface area (Å²) in [7, 11) is 5.81. The van der Waals surface area contributed by atoms with Gasteiger partial charge in [-0.05, 0) is 24.2 Å². The van der Waals surface area contributed by atoms with Crippen LogP contribution in [0.2, 0.25) is 0 Å². The van der Waals surface area contributed by atoms with Crippen LogP contribution in [0, 0.1) is 5.41 Å². The van der Waals surface area contributed by atoms with Crippen LogP contribution in [0.5, 0.6) is 0 Å². The molecule has 0 aromatic carbocycles. The van der Waals surface area contributed by atoms with Gasteiger partial charge in [-0.3, -0.25) is 0 Å². The molecule has 2 heteroatoms. The monoisotopic (exact) mass is 151 g/mol. The van der Waals surface area contributed by atoms with Crippen molar-refractivity contribution in [2.75, 3.05) is 0 Å². The topological polar surface area (TPSA) is 12.0 Å². The van der Waals surface area contributed by atoms with Gasteiger partial charge < -0.3 is 5.32 Å². The third-order valence-electron chi connectivity index (χ3n) is 2.47. The van der Waals surface area contributed by atoms with Crippen LogP contribution in [0.1, 0.15) is 40.0 Å².